The summed E-state index contributed by atoms with van der Waals surface area (Å²) in [5.74, 6) is -2.13. The van der Waals surface area contributed by atoms with Crippen molar-refractivity contribution < 1.29 is 28.7 Å². The maximum Gasteiger partial charge on any atom is 0.412 e. The number of rotatable bonds is 5. The quantitative estimate of drug-likeness (QED) is 0.744. The van der Waals surface area contributed by atoms with E-state index in [9.17, 15) is 19.2 Å². The fourth-order valence-corrected chi connectivity index (χ4v) is 2.28. The van der Waals surface area contributed by atoms with Gasteiger partial charge in [0.25, 0.3) is 11.8 Å². The van der Waals surface area contributed by atoms with Gasteiger partial charge < -0.3 is 14.0 Å². The summed E-state index contributed by atoms with van der Waals surface area (Å²) in [4.78, 5) is 47.8. The van der Waals surface area contributed by atoms with Crippen LogP contribution in [0.5, 0.6) is 0 Å². The maximum absolute atomic E-state index is 12.1. The van der Waals surface area contributed by atoms with Gasteiger partial charge in [0.1, 0.15) is 11.3 Å². The Hall–Kier alpha value is -3.62. The van der Waals surface area contributed by atoms with Crippen molar-refractivity contribution in [2.45, 2.75) is 26.4 Å². The van der Waals surface area contributed by atoms with Gasteiger partial charge in [-0.15, -0.1) is 0 Å². The van der Waals surface area contributed by atoms with Gasteiger partial charge in [0.05, 0.1) is 5.56 Å². The predicted molar refractivity (Wildman–Crippen MR) is 104 cm³/mol. The molecule has 2 aromatic rings. The lowest BCUT2D eigenvalue weighted by Gasteiger charge is -2.19. The molecule has 154 valence electrons. The van der Waals surface area contributed by atoms with Crippen LogP contribution >= 0.6 is 0 Å². The van der Waals surface area contributed by atoms with Gasteiger partial charge in [-0.25, -0.2) is 9.59 Å². The van der Waals surface area contributed by atoms with Crippen molar-refractivity contribution >= 4 is 29.6 Å². The van der Waals surface area contributed by atoms with Gasteiger partial charge >= 0.3 is 12.1 Å². The van der Waals surface area contributed by atoms with Crippen LogP contribution in [0, 0.1) is 0 Å². The number of ether oxygens (including phenoxy) is 2. The zero-order valence-corrected chi connectivity index (χ0v) is 16.6. The number of nitrogens with zero attached hydrogens (tertiary/aromatic N) is 1. The van der Waals surface area contributed by atoms with Crippen LogP contribution in [0.4, 0.5) is 10.5 Å². The van der Waals surface area contributed by atoms with E-state index >= 15 is 0 Å². The van der Waals surface area contributed by atoms with Crippen molar-refractivity contribution in [3.8, 4) is 0 Å². The van der Waals surface area contributed by atoms with Crippen molar-refractivity contribution in [1.29, 1.82) is 0 Å². The monoisotopic (exact) mass is 401 g/mol. The molecule has 0 bridgehead atoms. The lowest BCUT2D eigenvalue weighted by Crippen LogP contribution is -2.35. The first kappa shape index (κ1) is 21.7. The number of aromatic nitrogens is 1. The first-order valence-electron chi connectivity index (χ1n) is 8.78. The van der Waals surface area contributed by atoms with Gasteiger partial charge in [-0.05, 0) is 51.1 Å². The number of aryl methyl sites for hydroxylation is 1. The van der Waals surface area contributed by atoms with E-state index in [4.69, 9.17) is 9.47 Å². The van der Waals surface area contributed by atoms with Crippen LogP contribution in [0.15, 0.2) is 42.6 Å². The average Bonchev–Trinajstić information content (AvgIpc) is 3.04. The molecule has 0 saturated carbocycles. The molecule has 0 fully saturated rings. The van der Waals surface area contributed by atoms with Gasteiger partial charge in [0.2, 0.25) is 0 Å². The van der Waals surface area contributed by atoms with Gasteiger partial charge in [0.15, 0.2) is 6.61 Å². The van der Waals surface area contributed by atoms with Gasteiger partial charge in [0, 0.05) is 18.9 Å². The molecule has 3 amide bonds. The predicted octanol–water partition coefficient (Wildman–Crippen LogP) is 2.49. The van der Waals surface area contributed by atoms with Crippen LogP contribution in [-0.4, -0.2) is 40.7 Å². The summed E-state index contributed by atoms with van der Waals surface area (Å²) in [6.07, 6.45) is 0.999. The summed E-state index contributed by atoms with van der Waals surface area (Å²) in [7, 11) is 1.66. The fraction of sp³-hybridized carbons (Fsp3) is 0.300. The topological polar surface area (TPSA) is 116 Å². The molecule has 1 aromatic heterocycles. The van der Waals surface area contributed by atoms with E-state index in [-0.39, 0.29) is 5.56 Å². The molecule has 0 spiro atoms. The third-order valence-electron chi connectivity index (χ3n) is 3.51. The first-order chi connectivity index (χ1) is 13.5. The van der Waals surface area contributed by atoms with E-state index in [1.165, 1.54) is 12.1 Å². The van der Waals surface area contributed by atoms with Crippen LogP contribution in [0.25, 0.3) is 0 Å². The number of nitrogens with one attached hydrogen (secondary N) is 2. The van der Waals surface area contributed by atoms with Crippen LogP contribution in [0.2, 0.25) is 0 Å². The minimum Gasteiger partial charge on any atom is -0.452 e. The van der Waals surface area contributed by atoms with Gasteiger partial charge in [-0.3, -0.25) is 20.2 Å². The molecule has 2 N–H and O–H groups in total. The Morgan fingerprint density at radius 1 is 1.07 bits per heavy atom. The number of esters is 1. The average molecular weight is 401 g/mol. The molecule has 1 heterocycles. The van der Waals surface area contributed by atoms with Crippen molar-refractivity contribution in [1.82, 2.24) is 9.88 Å². The van der Waals surface area contributed by atoms with E-state index in [2.05, 4.69) is 10.6 Å². The Labute approximate surface area is 168 Å². The molecule has 0 unspecified atom stereocenters. The highest BCUT2D eigenvalue weighted by Gasteiger charge is 2.18. The number of hydrogen-bond acceptors (Lipinski definition) is 6. The van der Waals surface area contributed by atoms with E-state index in [0.717, 1.165) is 0 Å². The largest absolute Gasteiger partial charge is 0.452 e. The van der Waals surface area contributed by atoms with Crippen LogP contribution in [0.1, 0.15) is 41.6 Å². The lowest BCUT2D eigenvalue weighted by atomic mass is 10.2. The van der Waals surface area contributed by atoms with Gasteiger partial charge in [-0.1, -0.05) is 6.07 Å². The van der Waals surface area contributed by atoms with E-state index < -0.39 is 36.1 Å². The second-order valence-electron chi connectivity index (χ2n) is 7.17. The van der Waals surface area contributed by atoms with Crippen molar-refractivity contribution in [2.24, 2.45) is 7.05 Å². The number of benzene rings is 1. The molecule has 9 heteroatoms. The minimum absolute atomic E-state index is 0.125. The summed E-state index contributed by atoms with van der Waals surface area (Å²) in [6.45, 7) is 4.56. The third kappa shape index (κ3) is 6.80. The number of amides is 3. The summed E-state index contributed by atoms with van der Waals surface area (Å²) in [6, 6.07) is 9.19. The molecular formula is C20H23N3O6. The lowest BCUT2D eigenvalue weighted by molar-refractivity contribution is -0.123. The smallest absolute Gasteiger partial charge is 0.412 e. The maximum atomic E-state index is 12.1. The van der Waals surface area contributed by atoms with E-state index in [0.29, 0.717) is 11.4 Å². The zero-order valence-electron chi connectivity index (χ0n) is 16.6. The Bertz CT molecular complexity index is 926. The normalized spacial score (nSPS) is 10.8. The summed E-state index contributed by atoms with van der Waals surface area (Å²) in [5.41, 5.74) is 0.0907. The zero-order chi connectivity index (χ0) is 21.6. The molecular weight excluding hydrogens is 378 g/mol. The molecule has 9 nitrogen and oxygen atoms in total. The molecule has 0 atom stereocenters. The summed E-state index contributed by atoms with van der Waals surface area (Å²) < 4.78 is 11.6. The molecule has 0 aliphatic rings. The van der Waals surface area contributed by atoms with Crippen molar-refractivity contribution in [2.75, 3.05) is 11.9 Å². The second kappa shape index (κ2) is 9.05. The molecule has 2 rings (SSSR count). The van der Waals surface area contributed by atoms with Crippen LogP contribution in [0.3, 0.4) is 0 Å². The minimum atomic E-state index is -0.778. The highest BCUT2D eigenvalue weighted by Crippen LogP contribution is 2.14. The third-order valence-corrected chi connectivity index (χ3v) is 3.51. The Kier molecular flexibility index (Phi) is 6.76. The van der Waals surface area contributed by atoms with E-state index in [1.54, 1.807) is 62.8 Å². The van der Waals surface area contributed by atoms with Crippen LogP contribution < -0.4 is 10.6 Å². The van der Waals surface area contributed by atoms with Crippen molar-refractivity contribution in [3.05, 3.63) is 53.9 Å². The Morgan fingerprint density at radius 2 is 1.79 bits per heavy atom. The second-order valence-corrected chi connectivity index (χ2v) is 7.17. The van der Waals surface area contributed by atoms with Crippen LogP contribution in [-0.2, 0) is 21.3 Å². The summed E-state index contributed by atoms with van der Waals surface area (Å²) >= 11 is 0. The van der Waals surface area contributed by atoms with Gasteiger partial charge in [-0.2, -0.15) is 0 Å². The van der Waals surface area contributed by atoms with Crippen molar-refractivity contribution in [3.63, 3.8) is 0 Å². The molecule has 0 aliphatic heterocycles. The highest BCUT2D eigenvalue weighted by molar-refractivity contribution is 6.04. The molecule has 0 radical (unpaired) electrons. The number of carbonyl (C=O) groups is 4. The molecule has 0 aliphatic carbocycles. The number of hydrogen-bond donors (Lipinski definition) is 2. The standard InChI is InChI=1S/C20H23N3O6/c1-20(2,3)29-19(27)21-14-8-5-7-13(11-14)18(26)28-12-16(24)22-17(25)15-9-6-10-23(15)4/h5-11H,12H2,1-4H3,(H,21,27)(H,22,24,25). The number of carbonyl (C=O) groups excluding carboxylic acids is 4. The first-order valence-corrected chi connectivity index (χ1v) is 8.78. The number of imide groups is 1. The number of anilines is 1. The Morgan fingerprint density at radius 3 is 2.41 bits per heavy atom. The summed E-state index contributed by atoms with van der Waals surface area (Å²) in [5, 5.41) is 4.65. The molecule has 0 saturated heterocycles. The molecule has 29 heavy (non-hydrogen) atoms. The molecule has 1 aromatic carbocycles. The Balaban J connectivity index is 1.89. The van der Waals surface area contributed by atoms with E-state index in [1.807, 2.05) is 0 Å². The highest BCUT2D eigenvalue weighted by atomic mass is 16.6. The fourth-order valence-electron chi connectivity index (χ4n) is 2.28. The SMILES string of the molecule is Cn1cccc1C(=O)NC(=O)COC(=O)c1cccc(NC(=O)OC(C)(C)C)c1.